The summed E-state index contributed by atoms with van der Waals surface area (Å²) >= 11 is 1.85. The Labute approximate surface area is 114 Å². The molecule has 18 heavy (non-hydrogen) atoms. The van der Waals surface area contributed by atoms with Crippen molar-refractivity contribution in [2.75, 3.05) is 26.3 Å². The second-order valence-corrected chi connectivity index (χ2v) is 5.99. The van der Waals surface area contributed by atoms with E-state index in [1.807, 2.05) is 11.3 Å². The number of ether oxygens (including phenoxy) is 1. The van der Waals surface area contributed by atoms with Crippen molar-refractivity contribution >= 4 is 11.3 Å². The van der Waals surface area contributed by atoms with Gasteiger partial charge in [0.2, 0.25) is 0 Å². The first kappa shape index (κ1) is 14.0. The molecule has 1 fully saturated rings. The number of hydrogen-bond donors (Lipinski definition) is 1. The molecule has 0 aromatic carbocycles. The van der Waals surface area contributed by atoms with Gasteiger partial charge in [0.25, 0.3) is 0 Å². The van der Waals surface area contributed by atoms with Crippen LogP contribution in [0.5, 0.6) is 0 Å². The number of hydrogen-bond acceptors (Lipinski definition) is 4. The van der Waals surface area contributed by atoms with E-state index in [-0.39, 0.29) is 0 Å². The highest BCUT2D eigenvalue weighted by molar-refractivity contribution is 7.09. The Bertz CT molecular complexity index is 323. The van der Waals surface area contributed by atoms with Gasteiger partial charge in [-0.15, -0.1) is 11.3 Å². The van der Waals surface area contributed by atoms with Crippen LogP contribution in [0.1, 0.15) is 25.1 Å². The molecule has 0 aliphatic carbocycles. The lowest BCUT2D eigenvalue weighted by atomic mass is 10.1. The van der Waals surface area contributed by atoms with Crippen LogP contribution in [-0.4, -0.2) is 43.3 Å². The predicted molar refractivity (Wildman–Crippen MR) is 77.1 cm³/mol. The van der Waals surface area contributed by atoms with Gasteiger partial charge in [0.1, 0.15) is 0 Å². The normalized spacial score (nSPS) is 22.3. The summed E-state index contributed by atoms with van der Waals surface area (Å²) in [5.74, 6) is 0. The summed E-state index contributed by atoms with van der Waals surface area (Å²) < 4.78 is 5.52. The zero-order valence-corrected chi connectivity index (χ0v) is 12.2. The summed E-state index contributed by atoms with van der Waals surface area (Å²) in [5.41, 5.74) is 0. The molecular formula is C14H24N2OS. The van der Waals surface area contributed by atoms with Gasteiger partial charge in [-0.1, -0.05) is 13.0 Å². The standard InChI is InChI=1S/C14H24N2OS/c1-3-16(10-14-5-4-8-18-14)12(2)9-13-11-17-7-6-15-13/h4-5,8,12-13,15H,3,6-7,9-11H2,1-2H3. The average molecular weight is 268 g/mol. The first-order chi connectivity index (χ1) is 8.79. The van der Waals surface area contributed by atoms with Gasteiger partial charge in [-0.25, -0.2) is 0 Å². The van der Waals surface area contributed by atoms with Crippen LogP contribution in [0.25, 0.3) is 0 Å². The van der Waals surface area contributed by atoms with E-state index in [1.54, 1.807) is 0 Å². The van der Waals surface area contributed by atoms with Crippen molar-refractivity contribution in [3.8, 4) is 0 Å². The van der Waals surface area contributed by atoms with Gasteiger partial charge in [0.05, 0.1) is 13.2 Å². The Morgan fingerprint density at radius 3 is 3.11 bits per heavy atom. The Balaban J connectivity index is 1.82. The zero-order chi connectivity index (χ0) is 12.8. The minimum absolute atomic E-state index is 0.520. The maximum atomic E-state index is 5.52. The van der Waals surface area contributed by atoms with E-state index in [2.05, 4.69) is 41.6 Å². The van der Waals surface area contributed by atoms with Crippen molar-refractivity contribution in [3.05, 3.63) is 22.4 Å². The fraction of sp³-hybridized carbons (Fsp3) is 0.714. The molecule has 1 aliphatic rings. The van der Waals surface area contributed by atoms with Crippen LogP contribution in [0.4, 0.5) is 0 Å². The highest BCUT2D eigenvalue weighted by Crippen LogP contribution is 2.16. The van der Waals surface area contributed by atoms with Gasteiger partial charge in [0.15, 0.2) is 0 Å². The molecule has 1 aliphatic heterocycles. The molecule has 0 bridgehead atoms. The summed E-state index contributed by atoms with van der Waals surface area (Å²) in [4.78, 5) is 4.00. The number of thiophene rings is 1. The SMILES string of the molecule is CCN(Cc1cccs1)C(C)CC1COCCN1. The lowest BCUT2D eigenvalue weighted by Gasteiger charge is -2.32. The highest BCUT2D eigenvalue weighted by atomic mass is 32.1. The van der Waals surface area contributed by atoms with Crippen molar-refractivity contribution in [3.63, 3.8) is 0 Å². The molecule has 0 amide bonds. The topological polar surface area (TPSA) is 24.5 Å². The summed E-state index contributed by atoms with van der Waals surface area (Å²) in [6.45, 7) is 9.46. The zero-order valence-electron chi connectivity index (χ0n) is 11.4. The molecule has 2 atom stereocenters. The summed E-state index contributed by atoms with van der Waals surface area (Å²) in [7, 11) is 0. The molecule has 2 rings (SSSR count). The largest absolute Gasteiger partial charge is 0.379 e. The fourth-order valence-electron chi connectivity index (χ4n) is 2.51. The Morgan fingerprint density at radius 2 is 2.50 bits per heavy atom. The van der Waals surface area contributed by atoms with E-state index >= 15 is 0 Å². The van der Waals surface area contributed by atoms with Gasteiger partial charge < -0.3 is 10.1 Å². The quantitative estimate of drug-likeness (QED) is 0.857. The molecule has 102 valence electrons. The van der Waals surface area contributed by atoms with Crippen LogP contribution in [0, 0.1) is 0 Å². The average Bonchev–Trinajstić information content (AvgIpc) is 2.90. The van der Waals surface area contributed by atoms with E-state index < -0.39 is 0 Å². The number of nitrogens with one attached hydrogen (secondary N) is 1. The van der Waals surface area contributed by atoms with Gasteiger partial charge in [-0.2, -0.15) is 0 Å². The third-order valence-electron chi connectivity index (χ3n) is 3.59. The summed E-state index contributed by atoms with van der Waals surface area (Å²) in [5, 5.41) is 5.70. The van der Waals surface area contributed by atoms with Gasteiger partial charge >= 0.3 is 0 Å². The molecule has 3 nitrogen and oxygen atoms in total. The third kappa shape index (κ3) is 4.05. The number of rotatable bonds is 6. The summed E-state index contributed by atoms with van der Waals surface area (Å²) in [6, 6.07) is 5.47. The van der Waals surface area contributed by atoms with Crippen LogP contribution < -0.4 is 5.32 Å². The van der Waals surface area contributed by atoms with Gasteiger partial charge in [0, 0.05) is 30.1 Å². The Hall–Kier alpha value is -0.420. The molecule has 1 saturated heterocycles. The van der Waals surface area contributed by atoms with Crippen molar-refractivity contribution < 1.29 is 4.74 Å². The molecule has 0 saturated carbocycles. The van der Waals surface area contributed by atoms with E-state index in [1.165, 1.54) is 11.3 Å². The molecule has 1 N–H and O–H groups in total. The smallest absolute Gasteiger partial charge is 0.0620 e. The number of morpholine rings is 1. The second kappa shape index (κ2) is 7.24. The van der Waals surface area contributed by atoms with Crippen molar-refractivity contribution in [2.45, 2.75) is 38.9 Å². The fourth-order valence-corrected chi connectivity index (χ4v) is 3.24. The monoisotopic (exact) mass is 268 g/mol. The molecule has 4 heteroatoms. The number of nitrogens with zero attached hydrogens (tertiary/aromatic N) is 1. The van der Waals surface area contributed by atoms with Crippen molar-refractivity contribution in [1.82, 2.24) is 10.2 Å². The molecule has 2 unspecified atom stereocenters. The molecular weight excluding hydrogens is 244 g/mol. The lowest BCUT2D eigenvalue weighted by Crippen LogP contribution is -2.45. The van der Waals surface area contributed by atoms with E-state index in [0.717, 1.165) is 32.8 Å². The lowest BCUT2D eigenvalue weighted by molar-refractivity contribution is 0.0617. The van der Waals surface area contributed by atoms with E-state index in [9.17, 15) is 0 Å². The Morgan fingerprint density at radius 1 is 1.61 bits per heavy atom. The molecule has 0 radical (unpaired) electrons. The van der Waals surface area contributed by atoms with E-state index in [4.69, 9.17) is 4.74 Å². The maximum Gasteiger partial charge on any atom is 0.0620 e. The minimum atomic E-state index is 0.520. The van der Waals surface area contributed by atoms with Crippen molar-refractivity contribution in [2.24, 2.45) is 0 Å². The molecule has 0 spiro atoms. The first-order valence-electron chi connectivity index (χ1n) is 6.87. The molecule has 1 aromatic heterocycles. The van der Waals surface area contributed by atoms with Crippen LogP contribution in [0.15, 0.2) is 17.5 Å². The van der Waals surface area contributed by atoms with Gasteiger partial charge in [-0.3, -0.25) is 4.90 Å². The van der Waals surface area contributed by atoms with Gasteiger partial charge in [-0.05, 0) is 31.3 Å². The minimum Gasteiger partial charge on any atom is -0.379 e. The maximum absolute atomic E-state index is 5.52. The Kier molecular flexibility index (Phi) is 5.63. The second-order valence-electron chi connectivity index (χ2n) is 4.95. The first-order valence-corrected chi connectivity index (χ1v) is 7.75. The highest BCUT2D eigenvalue weighted by Gasteiger charge is 2.20. The molecule has 1 aromatic rings. The summed E-state index contributed by atoms with van der Waals surface area (Å²) in [6.07, 6.45) is 1.17. The van der Waals surface area contributed by atoms with Crippen molar-refractivity contribution in [1.29, 1.82) is 0 Å². The van der Waals surface area contributed by atoms with Crippen LogP contribution >= 0.6 is 11.3 Å². The van der Waals surface area contributed by atoms with Crippen LogP contribution in [-0.2, 0) is 11.3 Å². The van der Waals surface area contributed by atoms with Crippen LogP contribution in [0.2, 0.25) is 0 Å². The third-order valence-corrected chi connectivity index (χ3v) is 4.45. The van der Waals surface area contributed by atoms with Crippen LogP contribution in [0.3, 0.4) is 0 Å². The predicted octanol–water partition coefficient (Wildman–Crippen LogP) is 2.34. The molecule has 2 heterocycles. The van der Waals surface area contributed by atoms with E-state index in [0.29, 0.717) is 12.1 Å².